The van der Waals surface area contributed by atoms with Crippen molar-refractivity contribution in [2.75, 3.05) is 25.8 Å². The zero-order valence-corrected chi connectivity index (χ0v) is 10.4. The quantitative estimate of drug-likeness (QED) is 0.810. The van der Waals surface area contributed by atoms with Gasteiger partial charge in [0, 0.05) is 25.9 Å². The molecule has 0 saturated carbocycles. The summed E-state index contributed by atoms with van der Waals surface area (Å²) >= 11 is 0. The highest BCUT2D eigenvalue weighted by molar-refractivity contribution is 5.77. The monoisotopic (exact) mass is 242 g/mol. The van der Waals surface area contributed by atoms with Crippen LogP contribution in [0.15, 0.2) is 36.5 Å². The Bertz CT molecular complexity index is 582. The predicted molar refractivity (Wildman–Crippen MR) is 70.1 cm³/mol. The number of pyridine rings is 1. The third kappa shape index (κ3) is 1.76. The number of hydrogen-bond acceptors (Lipinski definition) is 4. The summed E-state index contributed by atoms with van der Waals surface area (Å²) in [6.45, 7) is 0.298. The van der Waals surface area contributed by atoms with Gasteiger partial charge in [0.15, 0.2) is 11.5 Å². The molecule has 2 aromatic rings. The van der Waals surface area contributed by atoms with Gasteiger partial charge >= 0.3 is 0 Å². The van der Waals surface area contributed by atoms with Crippen LogP contribution in [0.25, 0.3) is 11.1 Å². The van der Waals surface area contributed by atoms with Gasteiger partial charge < -0.3 is 14.4 Å². The van der Waals surface area contributed by atoms with Gasteiger partial charge in [-0.2, -0.15) is 0 Å². The molecule has 1 aliphatic heterocycles. The average Bonchev–Trinajstić information content (AvgIpc) is 2.85. The molecule has 92 valence electrons. The summed E-state index contributed by atoms with van der Waals surface area (Å²) in [5.74, 6) is 2.53. The summed E-state index contributed by atoms with van der Waals surface area (Å²) < 4.78 is 10.7. The van der Waals surface area contributed by atoms with Gasteiger partial charge in [0.1, 0.15) is 5.82 Å². The highest BCUT2D eigenvalue weighted by Crippen LogP contribution is 2.37. The molecule has 0 saturated heterocycles. The Morgan fingerprint density at radius 3 is 2.78 bits per heavy atom. The van der Waals surface area contributed by atoms with E-state index >= 15 is 0 Å². The minimum Gasteiger partial charge on any atom is -0.454 e. The van der Waals surface area contributed by atoms with Crippen molar-refractivity contribution < 1.29 is 9.47 Å². The van der Waals surface area contributed by atoms with Crippen LogP contribution < -0.4 is 14.4 Å². The first-order valence-electron chi connectivity index (χ1n) is 5.78. The number of rotatable bonds is 2. The van der Waals surface area contributed by atoms with Crippen LogP contribution >= 0.6 is 0 Å². The van der Waals surface area contributed by atoms with Crippen LogP contribution in [-0.2, 0) is 0 Å². The molecule has 0 radical (unpaired) electrons. The first-order chi connectivity index (χ1) is 8.75. The van der Waals surface area contributed by atoms with E-state index in [1.165, 1.54) is 0 Å². The van der Waals surface area contributed by atoms with Gasteiger partial charge in [0.25, 0.3) is 0 Å². The van der Waals surface area contributed by atoms with Gasteiger partial charge in [0.05, 0.1) is 0 Å². The molecular weight excluding hydrogens is 228 g/mol. The molecule has 3 rings (SSSR count). The van der Waals surface area contributed by atoms with Gasteiger partial charge in [-0.3, -0.25) is 0 Å². The summed E-state index contributed by atoms with van der Waals surface area (Å²) in [5, 5.41) is 0. The first kappa shape index (κ1) is 10.9. The topological polar surface area (TPSA) is 34.6 Å². The Hall–Kier alpha value is -2.23. The van der Waals surface area contributed by atoms with E-state index in [1.54, 1.807) is 6.20 Å². The van der Waals surface area contributed by atoms with Crippen LogP contribution in [0.4, 0.5) is 5.82 Å². The molecule has 2 heterocycles. The van der Waals surface area contributed by atoms with Crippen LogP contribution in [-0.4, -0.2) is 25.9 Å². The fraction of sp³-hybridized carbons (Fsp3) is 0.214. The lowest BCUT2D eigenvalue weighted by molar-refractivity contribution is 0.174. The van der Waals surface area contributed by atoms with Crippen molar-refractivity contribution in [3.8, 4) is 22.6 Å². The van der Waals surface area contributed by atoms with Crippen molar-refractivity contribution in [3.05, 3.63) is 36.5 Å². The van der Waals surface area contributed by atoms with Crippen molar-refractivity contribution in [2.24, 2.45) is 0 Å². The number of aromatic nitrogens is 1. The van der Waals surface area contributed by atoms with E-state index in [0.717, 1.165) is 28.4 Å². The van der Waals surface area contributed by atoms with E-state index in [-0.39, 0.29) is 0 Å². The molecule has 1 aromatic heterocycles. The van der Waals surface area contributed by atoms with E-state index in [0.29, 0.717) is 6.79 Å². The fourth-order valence-electron chi connectivity index (χ4n) is 2.04. The number of ether oxygens (including phenoxy) is 2. The Balaban J connectivity index is 2.10. The number of anilines is 1. The summed E-state index contributed by atoms with van der Waals surface area (Å²) in [6, 6.07) is 9.95. The molecule has 4 heteroatoms. The van der Waals surface area contributed by atoms with Crippen molar-refractivity contribution in [1.29, 1.82) is 0 Å². The highest BCUT2D eigenvalue weighted by Gasteiger charge is 2.15. The Morgan fingerprint density at radius 1 is 1.11 bits per heavy atom. The molecule has 0 unspecified atom stereocenters. The van der Waals surface area contributed by atoms with Gasteiger partial charge in [-0.05, 0) is 29.8 Å². The van der Waals surface area contributed by atoms with Crippen molar-refractivity contribution >= 4 is 5.82 Å². The zero-order chi connectivity index (χ0) is 12.5. The molecule has 0 N–H and O–H groups in total. The molecule has 1 aromatic carbocycles. The maximum atomic E-state index is 5.40. The van der Waals surface area contributed by atoms with E-state index in [4.69, 9.17) is 9.47 Å². The van der Waals surface area contributed by atoms with Crippen LogP contribution in [0.5, 0.6) is 11.5 Å². The van der Waals surface area contributed by atoms with Crippen LogP contribution in [0.1, 0.15) is 0 Å². The van der Waals surface area contributed by atoms with E-state index < -0.39 is 0 Å². The average molecular weight is 242 g/mol. The Kier molecular flexibility index (Phi) is 2.55. The summed E-state index contributed by atoms with van der Waals surface area (Å²) in [7, 11) is 3.97. The smallest absolute Gasteiger partial charge is 0.231 e. The number of hydrogen-bond donors (Lipinski definition) is 0. The largest absolute Gasteiger partial charge is 0.454 e. The standard InChI is InChI=1S/C14H14N2O2/c1-16(2)14-11(4-3-7-15-14)10-5-6-12-13(8-10)18-9-17-12/h3-8H,9H2,1-2H3. The lowest BCUT2D eigenvalue weighted by Crippen LogP contribution is -2.11. The fourth-order valence-corrected chi connectivity index (χ4v) is 2.04. The van der Waals surface area contributed by atoms with E-state index in [2.05, 4.69) is 11.1 Å². The molecule has 0 atom stereocenters. The lowest BCUT2D eigenvalue weighted by Gasteiger charge is -2.16. The second-order valence-electron chi connectivity index (χ2n) is 4.34. The molecule has 0 bridgehead atoms. The maximum absolute atomic E-state index is 5.40. The van der Waals surface area contributed by atoms with Crippen LogP contribution in [0, 0.1) is 0 Å². The van der Waals surface area contributed by atoms with E-state index in [9.17, 15) is 0 Å². The van der Waals surface area contributed by atoms with Gasteiger partial charge in [-0.15, -0.1) is 0 Å². The third-order valence-corrected chi connectivity index (χ3v) is 2.89. The van der Waals surface area contributed by atoms with Crippen molar-refractivity contribution in [1.82, 2.24) is 4.98 Å². The molecule has 4 nitrogen and oxygen atoms in total. The SMILES string of the molecule is CN(C)c1ncccc1-c1ccc2c(c1)OCO2. The maximum Gasteiger partial charge on any atom is 0.231 e. The zero-order valence-electron chi connectivity index (χ0n) is 10.4. The van der Waals surface area contributed by atoms with Crippen molar-refractivity contribution in [3.63, 3.8) is 0 Å². The summed E-state index contributed by atoms with van der Waals surface area (Å²) in [4.78, 5) is 6.40. The predicted octanol–water partition coefficient (Wildman–Crippen LogP) is 2.54. The van der Waals surface area contributed by atoms with Crippen molar-refractivity contribution in [2.45, 2.75) is 0 Å². The van der Waals surface area contributed by atoms with Crippen LogP contribution in [0.3, 0.4) is 0 Å². The number of nitrogens with zero attached hydrogens (tertiary/aromatic N) is 2. The molecular formula is C14H14N2O2. The second-order valence-corrected chi connectivity index (χ2v) is 4.34. The molecule has 0 aliphatic carbocycles. The van der Waals surface area contributed by atoms with Gasteiger partial charge in [-0.1, -0.05) is 6.07 Å². The molecule has 1 aliphatic rings. The van der Waals surface area contributed by atoms with Gasteiger partial charge in [0.2, 0.25) is 6.79 Å². The van der Waals surface area contributed by atoms with E-state index in [1.807, 2.05) is 43.3 Å². The van der Waals surface area contributed by atoms with Crippen LogP contribution in [0.2, 0.25) is 0 Å². The minimum atomic E-state index is 0.298. The van der Waals surface area contributed by atoms with Gasteiger partial charge in [-0.25, -0.2) is 4.98 Å². The normalized spacial score (nSPS) is 12.6. The summed E-state index contributed by atoms with van der Waals surface area (Å²) in [6.07, 6.45) is 1.80. The minimum absolute atomic E-state index is 0.298. The molecule has 18 heavy (non-hydrogen) atoms. The Labute approximate surface area is 106 Å². The second kappa shape index (κ2) is 4.22. The first-order valence-corrected chi connectivity index (χ1v) is 5.78. The third-order valence-electron chi connectivity index (χ3n) is 2.89. The number of benzene rings is 1. The number of fused-ring (bicyclic) bond motifs is 1. The molecule has 0 amide bonds. The Morgan fingerprint density at radius 2 is 1.94 bits per heavy atom. The highest BCUT2D eigenvalue weighted by atomic mass is 16.7. The molecule has 0 spiro atoms. The summed E-state index contributed by atoms with van der Waals surface area (Å²) in [5.41, 5.74) is 2.16. The lowest BCUT2D eigenvalue weighted by atomic mass is 10.1. The molecule has 0 fully saturated rings.